The second kappa shape index (κ2) is 7.21. The van der Waals surface area contributed by atoms with Gasteiger partial charge in [-0.15, -0.1) is 0 Å². The van der Waals surface area contributed by atoms with Gasteiger partial charge in [-0.2, -0.15) is 4.98 Å². The van der Waals surface area contributed by atoms with Crippen molar-refractivity contribution in [2.24, 2.45) is 5.92 Å². The zero-order valence-electron chi connectivity index (χ0n) is 13.1. The smallest absolute Gasteiger partial charge is 1.00 e. The number of imidazole rings is 1. The Morgan fingerprint density at radius 1 is 1.50 bits per heavy atom. The van der Waals surface area contributed by atoms with Crippen LogP contribution in [0.2, 0.25) is 0 Å². The number of aromatic nitrogens is 4. The predicted molar refractivity (Wildman–Crippen MR) is 73.8 cm³/mol. The van der Waals surface area contributed by atoms with Gasteiger partial charge in [-0.25, -0.2) is 4.98 Å². The maximum Gasteiger partial charge on any atom is 1.00 e. The number of H-pyrrole nitrogens is 1. The van der Waals surface area contributed by atoms with E-state index in [1.54, 1.807) is 10.9 Å². The van der Waals surface area contributed by atoms with Crippen LogP contribution in [0.15, 0.2) is 11.1 Å². The summed E-state index contributed by atoms with van der Waals surface area (Å²) in [7, 11) is 0. The number of nitrogens with one attached hydrogen (secondary N) is 1. The van der Waals surface area contributed by atoms with E-state index < -0.39 is 0 Å². The molecule has 106 valence electrons. The second-order valence-corrected chi connectivity index (χ2v) is 4.66. The molecule has 2 rings (SSSR count). The Bertz CT molecular complexity index is 630. The van der Waals surface area contributed by atoms with Gasteiger partial charge in [0.1, 0.15) is 0 Å². The fraction of sp³-hybridized carbons (Fsp3) is 0.583. The van der Waals surface area contributed by atoms with Crippen LogP contribution in [0, 0.1) is 5.92 Å². The molecular weight excluding hydrogens is 269 g/mol. The molecule has 0 aliphatic heterocycles. The van der Waals surface area contributed by atoms with Crippen molar-refractivity contribution in [2.45, 2.75) is 39.3 Å². The molecular formula is C12H20N5NaO2. The number of nitrogen functional groups attached to an aromatic ring is 1. The van der Waals surface area contributed by atoms with E-state index in [-0.39, 0.29) is 60.0 Å². The fourth-order valence-corrected chi connectivity index (χ4v) is 2.21. The van der Waals surface area contributed by atoms with Crippen LogP contribution >= 0.6 is 0 Å². The van der Waals surface area contributed by atoms with Crippen molar-refractivity contribution < 1.29 is 36.1 Å². The largest absolute Gasteiger partial charge is 1.00 e. The number of aliphatic hydroxyl groups is 1. The number of rotatable bonds is 5. The van der Waals surface area contributed by atoms with E-state index in [9.17, 15) is 9.90 Å². The number of aliphatic hydroxyl groups excluding tert-OH is 1. The fourth-order valence-electron chi connectivity index (χ4n) is 2.21. The molecule has 2 aromatic rings. The number of anilines is 1. The second-order valence-electron chi connectivity index (χ2n) is 4.66. The van der Waals surface area contributed by atoms with E-state index in [1.165, 1.54) is 0 Å². The van der Waals surface area contributed by atoms with Gasteiger partial charge in [-0.1, -0.05) is 13.8 Å². The molecule has 0 spiro atoms. The van der Waals surface area contributed by atoms with E-state index in [0.717, 1.165) is 6.42 Å². The molecule has 0 aromatic carbocycles. The van der Waals surface area contributed by atoms with Crippen LogP contribution in [0.5, 0.6) is 0 Å². The average molecular weight is 289 g/mol. The van der Waals surface area contributed by atoms with Gasteiger partial charge in [-0.05, 0) is 12.8 Å². The Hall–Kier alpha value is -0.890. The summed E-state index contributed by atoms with van der Waals surface area (Å²) in [6.45, 7) is 4.54. The van der Waals surface area contributed by atoms with Crippen LogP contribution in [0.1, 0.15) is 28.1 Å². The Balaban J connectivity index is 0.00000200. The molecule has 0 bridgehead atoms. The van der Waals surface area contributed by atoms with Crippen molar-refractivity contribution >= 4 is 17.1 Å². The quantitative estimate of drug-likeness (QED) is 0.532. The first kappa shape index (κ1) is 17.2. The maximum absolute atomic E-state index is 11.7. The topological polar surface area (TPSA) is 110 Å². The van der Waals surface area contributed by atoms with E-state index in [4.69, 9.17) is 5.73 Å². The van der Waals surface area contributed by atoms with E-state index in [0.29, 0.717) is 18.6 Å². The van der Waals surface area contributed by atoms with E-state index in [1.807, 2.05) is 13.8 Å². The summed E-state index contributed by atoms with van der Waals surface area (Å²) in [4.78, 5) is 22.2. The summed E-state index contributed by atoms with van der Waals surface area (Å²) in [5.74, 6) is 0.174. The van der Waals surface area contributed by atoms with Crippen LogP contribution in [0.25, 0.3) is 11.2 Å². The van der Waals surface area contributed by atoms with E-state index >= 15 is 0 Å². The number of hydrogen-bond donors (Lipinski definition) is 3. The molecule has 4 N–H and O–H groups in total. The standard InChI is InChI=1S/C12H19N5O2.Na.H/c1-3-7(8(18)4-2)5-17-6-14-9-10(17)15-12(13)16-11(9)19;;/h6-8,18H,3-5H2,1-2H3,(H3,13,15,16,19);;/q;+1;-1. The summed E-state index contributed by atoms with van der Waals surface area (Å²) in [5, 5.41) is 9.95. The third-order valence-corrected chi connectivity index (χ3v) is 3.41. The van der Waals surface area contributed by atoms with Gasteiger partial charge in [0, 0.05) is 12.5 Å². The first-order valence-electron chi connectivity index (χ1n) is 6.45. The normalized spacial score (nSPS) is 13.9. The number of nitrogens with two attached hydrogens (primary N) is 1. The van der Waals surface area contributed by atoms with Crippen molar-refractivity contribution in [1.82, 2.24) is 19.5 Å². The van der Waals surface area contributed by atoms with Gasteiger partial charge in [0.15, 0.2) is 11.2 Å². The summed E-state index contributed by atoms with van der Waals surface area (Å²) in [5.41, 5.74) is 5.94. The van der Waals surface area contributed by atoms with Crippen molar-refractivity contribution in [3.05, 3.63) is 16.7 Å². The summed E-state index contributed by atoms with van der Waals surface area (Å²) >= 11 is 0. The van der Waals surface area contributed by atoms with Crippen molar-refractivity contribution in [2.75, 3.05) is 5.73 Å². The van der Waals surface area contributed by atoms with Crippen molar-refractivity contribution in [3.8, 4) is 0 Å². The molecule has 20 heavy (non-hydrogen) atoms. The molecule has 2 unspecified atom stereocenters. The molecule has 0 aliphatic carbocycles. The van der Waals surface area contributed by atoms with Gasteiger partial charge in [0.05, 0.1) is 12.4 Å². The molecule has 8 heteroatoms. The summed E-state index contributed by atoms with van der Waals surface area (Å²) < 4.78 is 1.77. The summed E-state index contributed by atoms with van der Waals surface area (Å²) in [6.07, 6.45) is 2.73. The number of nitrogens with zero attached hydrogens (tertiary/aromatic N) is 3. The van der Waals surface area contributed by atoms with Gasteiger partial charge < -0.3 is 16.8 Å². The van der Waals surface area contributed by atoms with Crippen LogP contribution in [-0.2, 0) is 6.54 Å². The average Bonchev–Trinajstić information content (AvgIpc) is 2.78. The van der Waals surface area contributed by atoms with Gasteiger partial charge in [-0.3, -0.25) is 9.78 Å². The third-order valence-electron chi connectivity index (χ3n) is 3.41. The molecule has 0 amide bonds. The van der Waals surface area contributed by atoms with Crippen molar-refractivity contribution in [3.63, 3.8) is 0 Å². The van der Waals surface area contributed by atoms with Gasteiger partial charge in [0.25, 0.3) is 5.56 Å². The van der Waals surface area contributed by atoms with Crippen molar-refractivity contribution in [1.29, 1.82) is 0 Å². The molecule has 2 aromatic heterocycles. The molecule has 2 heterocycles. The third kappa shape index (κ3) is 3.41. The monoisotopic (exact) mass is 289 g/mol. The molecule has 0 aliphatic rings. The minimum atomic E-state index is -0.373. The Kier molecular flexibility index (Phi) is 6.19. The Morgan fingerprint density at radius 2 is 2.20 bits per heavy atom. The van der Waals surface area contributed by atoms with Crippen LogP contribution < -0.4 is 40.9 Å². The van der Waals surface area contributed by atoms with E-state index in [2.05, 4.69) is 15.0 Å². The maximum atomic E-state index is 11.7. The molecule has 7 nitrogen and oxygen atoms in total. The van der Waals surface area contributed by atoms with Crippen LogP contribution in [-0.4, -0.2) is 30.7 Å². The Labute approximate surface area is 140 Å². The minimum Gasteiger partial charge on any atom is -1.00 e. The first-order chi connectivity index (χ1) is 9.06. The molecule has 0 fully saturated rings. The van der Waals surface area contributed by atoms with Crippen LogP contribution in [0.4, 0.5) is 5.95 Å². The number of hydrogen-bond acceptors (Lipinski definition) is 5. The molecule has 2 atom stereocenters. The molecule has 0 radical (unpaired) electrons. The molecule has 0 saturated heterocycles. The predicted octanol–water partition coefficient (Wildman–Crippen LogP) is -2.38. The summed E-state index contributed by atoms with van der Waals surface area (Å²) in [6, 6.07) is 0. The zero-order chi connectivity index (χ0) is 14.0. The minimum absolute atomic E-state index is 0. The molecule has 0 saturated carbocycles. The Morgan fingerprint density at radius 3 is 2.80 bits per heavy atom. The zero-order valence-corrected chi connectivity index (χ0v) is 14.1. The number of fused-ring (bicyclic) bond motifs is 1. The number of aromatic amines is 1. The first-order valence-corrected chi connectivity index (χ1v) is 6.45. The van der Waals surface area contributed by atoms with Gasteiger partial charge >= 0.3 is 29.6 Å². The SMILES string of the molecule is CCC(O)C(CC)Cn1cnc2c(=O)[nH]c(N)nc21.[H-].[Na+]. The van der Waals surface area contributed by atoms with Crippen LogP contribution in [0.3, 0.4) is 0 Å². The van der Waals surface area contributed by atoms with Gasteiger partial charge in [0.2, 0.25) is 5.95 Å².